The second kappa shape index (κ2) is 6.10. The normalized spacial score (nSPS) is 14.1. The number of alkyl halides is 6. The molecule has 0 unspecified atom stereocenters. The van der Waals surface area contributed by atoms with Crippen molar-refractivity contribution in [2.24, 2.45) is 0 Å². The molecule has 0 aliphatic carbocycles. The predicted octanol–water partition coefficient (Wildman–Crippen LogP) is 3.17. The summed E-state index contributed by atoms with van der Waals surface area (Å²) >= 11 is 0. The molecule has 0 fully saturated rings. The fraction of sp³-hybridized carbons (Fsp3) is 0.538. The molecular weight excluding hydrogens is 364 g/mol. The van der Waals surface area contributed by atoms with Crippen molar-refractivity contribution in [3.63, 3.8) is 0 Å². The van der Waals surface area contributed by atoms with Gasteiger partial charge in [-0.25, -0.2) is 8.42 Å². The molecule has 1 rings (SSSR count). The average Bonchev–Trinajstić information content (AvgIpc) is 2.43. The van der Waals surface area contributed by atoms with E-state index in [0.717, 1.165) is 23.5 Å². The molecule has 0 spiro atoms. The van der Waals surface area contributed by atoms with Crippen LogP contribution < -0.4 is 4.31 Å². The Morgan fingerprint density at radius 3 is 1.62 bits per heavy atom. The van der Waals surface area contributed by atoms with Crippen molar-refractivity contribution in [1.29, 1.82) is 0 Å². The van der Waals surface area contributed by atoms with Gasteiger partial charge < -0.3 is 5.11 Å². The number of nitrogens with zero attached hydrogens (tertiary/aromatic N) is 1. The second-order valence-corrected chi connectivity index (χ2v) is 7.83. The van der Waals surface area contributed by atoms with Crippen LogP contribution >= 0.6 is 0 Å². The van der Waals surface area contributed by atoms with Crippen molar-refractivity contribution < 1.29 is 39.9 Å². The number of rotatable bonds is 4. The van der Waals surface area contributed by atoms with Crippen molar-refractivity contribution in [3.05, 3.63) is 29.8 Å². The van der Waals surface area contributed by atoms with Gasteiger partial charge in [0.1, 0.15) is 0 Å². The van der Waals surface area contributed by atoms with Gasteiger partial charge in [-0.15, -0.1) is 0 Å². The van der Waals surface area contributed by atoms with Crippen LogP contribution in [0, 0.1) is 0 Å². The predicted molar refractivity (Wildman–Crippen MR) is 74.9 cm³/mol. The minimum Gasteiger partial charge on any atom is -0.369 e. The molecule has 1 aromatic rings. The van der Waals surface area contributed by atoms with Crippen LogP contribution in [0.15, 0.2) is 24.3 Å². The molecule has 1 N–H and O–H groups in total. The van der Waals surface area contributed by atoms with Gasteiger partial charge in [-0.3, -0.25) is 4.31 Å². The minimum atomic E-state index is -6.00. The van der Waals surface area contributed by atoms with E-state index in [-0.39, 0.29) is 5.69 Å². The fourth-order valence-electron chi connectivity index (χ4n) is 1.86. The number of aliphatic hydroxyl groups is 1. The van der Waals surface area contributed by atoms with Crippen LogP contribution in [0.4, 0.5) is 32.0 Å². The standard InChI is InChI=1S/C13H15F6NO3S/c1-8(2)24(22,23)20(3)10-6-4-9(5-7-10)11(21,12(14,15)16)13(17,18)19/h4-8,21H,1-3H3. The van der Waals surface area contributed by atoms with E-state index in [1.165, 1.54) is 13.8 Å². The van der Waals surface area contributed by atoms with E-state index in [4.69, 9.17) is 0 Å². The van der Waals surface area contributed by atoms with Gasteiger partial charge in [-0.2, -0.15) is 26.3 Å². The molecule has 0 saturated heterocycles. The highest BCUT2D eigenvalue weighted by molar-refractivity contribution is 7.93. The Kier molecular flexibility index (Phi) is 5.23. The first-order valence-corrected chi connectivity index (χ1v) is 8.01. The number of sulfonamides is 1. The first-order chi connectivity index (χ1) is 10.6. The van der Waals surface area contributed by atoms with Crippen molar-refractivity contribution in [2.45, 2.75) is 37.1 Å². The molecule has 0 radical (unpaired) electrons. The van der Waals surface area contributed by atoms with E-state index < -0.39 is 38.8 Å². The quantitative estimate of drug-likeness (QED) is 0.818. The van der Waals surface area contributed by atoms with E-state index in [1.54, 1.807) is 0 Å². The molecule has 0 aliphatic rings. The van der Waals surface area contributed by atoms with Crippen molar-refractivity contribution in [3.8, 4) is 0 Å². The average molecular weight is 379 g/mol. The highest BCUT2D eigenvalue weighted by atomic mass is 32.2. The van der Waals surface area contributed by atoms with Crippen LogP contribution in [0.25, 0.3) is 0 Å². The molecular formula is C13H15F6NO3S. The molecule has 138 valence electrons. The first kappa shape index (κ1) is 20.6. The van der Waals surface area contributed by atoms with Gasteiger partial charge in [0.05, 0.1) is 10.9 Å². The van der Waals surface area contributed by atoms with Crippen molar-refractivity contribution in [2.75, 3.05) is 11.4 Å². The Labute approximate surface area is 134 Å². The lowest BCUT2D eigenvalue weighted by molar-refractivity contribution is -0.376. The van der Waals surface area contributed by atoms with Gasteiger partial charge >= 0.3 is 12.4 Å². The summed E-state index contributed by atoms with van der Waals surface area (Å²) < 4.78 is 101. The largest absolute Gasteiger partial charge is 0.430 e. The first-order valence-electron chi connectivity index (χ1n) is 6.51. The van der Waals surface area contributed by atoms with Crippen LogP contribution in [-0.4, -0.2) is 38.2 Å². The number of halogens is 6. The smallest absolute Gasteiger partial charge is 0.369 e. The Morgan fingerprint density at radius 1 is 0.958 bits per heavy atom. The van der Waals surface area contributed by atoms with Crippen LogP contribution in [-0.2, 0) is 15.6 Å². The van der Waals surface area contributed by atoms with E-state index in [1.807, 2.05) is 0 Å². The molecule has 0 bridgehead atoms. The zero-order chi connectivity index (χ0) is 19.1. The maximum atomic E-state index is 12.8. The lowest BCUT2D eigenvalue weighted by Crippen LogP contribution is -2.53. The molecule has 11 heteroatoms. The zero-order valence-corrected chi connectivity index (χ0v) is 13.6. The topological polar surface area (TPSA) is 57.6 Å². The summed E-state index contributed by atoms with van der Waals surface area (Å²) in [6.45, 7) is 2.73. The van der Waals surface area contributed by atoms with Crippen LogP contribution in [0.5, 0.6) is 0 Å². The van der Waals surface area contributed by atoms with E-state index in [0.29, 0.717) is 12.1 Å². The summed E-state index contributed by atoms with van der Waals surface area (Å²) in [5.74, 6) is 0. The fourth-order valence-corrected chi connectivity index (χ4v) is 2.91. The molecule has 0 atom stereocenters. The molecule has 0 aromatic heterocycles. The summed E-state index contributed by atoms with van der Waals surface area (Å²) in [6.07, 6.45) is -12.0. The number of hydrogen-bond acceptors (Lipinski definition) is 3. The second-order valence-electron chi connectivity index (χ2n) is 5.31. The van der Waals surface area contributed by atoms with Gasteiger partial charge in [-0.05, 0) is 26.0 Å². The molecule has 0 saturated carbocycles. The maximum Gasteiger partial charge on any atom is 0.430 e. The SMILES string of the molecule is CC(C)S(=O)(=O)N(C)c1ccc(C(O)(C(F)(F)F)C(F)(F)F)cc1. The van der Waals surface area contributed by atoms with Crippen molar-refractivity contribution >= 4 is 15.7 Å². The molecule has 24 heavy (non-hydrogen) atoms. The third kappa shape index (κ3) is 3.32. The van der Waals surface area contributed by atoms with E-state index in [2.05, 4.69) is 0 Å². The number of hydrogen-bond donors (Lipinski definition) is 1. The highest BCUT2D eigenvalue weighted by Crippen LogP contribution is 2.50. The summed E-state index contributed by atoms with van der Waals surface area (Å²) in [5.41, 5.74) is -6.64. The molecule has 4 nitrogen and oxygen atoms in total. The number of benzene rings is 1. The minimum absolute atomic E-state index is 0.140. The van der Waals surface area contributed by atoms with Crippen LogP contribution in [0.3, 0.4) is 0 Å². The van der Waals surface area contributed by atoms with Gasteiger partial charge in [0.25, 0.3) is 5.60 Å². The molecule has 0 amide bonds. The van der Waals surface area contributed by atoms with E-state index >= 15 is 0 Å². The Hall–Kier alpha value is -1.49. The summed E-state index contributed by atoms with van der Waals surface area (Å²) in [6, 6.07) is 2.31. The van der Waals surface area contributed by atoms with Crippen molar-refractivity contribution in [1.82, 2.24) is 0 Å². The Balaban J connectivity index is 3.38. The third-order valence-electron chi connectivity index (χ3n) is 3.45. The third-order valence-corrected chi connectivity index (χ3v) is 5.61. The highest BCUT2D eigenvalue weighted by Gasteiger charge is 2.71. The van der Waals surface area contributed by atoms with Gasteiger partial charge in [-0.1, -0.05) is 12.1 Å². The van der Waals surface area contributed by atoms with Crippen LogP contribution in [0.2, 0.25) is 0 Å². The summed E-state index contributed by atoms with van der Waals surface area (Å²) in [7, 11) is -2.69. The van der Waals surface area contributed by atoms with Gasteiger partial charge in [0.2, 0.25) is 10.0 Å². The lowest BCUT2D eigenvalue weighted by atomic mass is 9.92. The summed E-state index contributed by atoms with van der Waals surface area (Å²) in [4.78, 5) is 0. The van der Waals surface area contributed by atoms with E-state index in [9.17, 15) is 39.9 Å². The molecule has 0 heterocycles. The van der Waals surface area contributed by atoms with Gasteiger partial charge in [0, 0.05) is 12.6 Å². The molecule has 0 aliphatic heterocycles. The monoisotopic (exact) mass is 379 g/mol. The maximum absolute atomic E-state index is 12.8. The summed E-state index contributed by atoms with van der Waals surface area (Å²) in [5, 5.41) is 8.41. The lowest BCUT2D eigenvalue weighted by Gasteiger charge is -2.33. The molecule has 1 aromatic carbocycles. The van der Waals surface area contributed by atoms with Crippen LogP contribution in [0.1, 0.15) is 19.4 Å². The van der Waals surface area contributed by atoms with Gasteiger partial charge in [0.15, 0.2) is 0 Å². The Morgan fingerprint density at radius 2 is 1.33 bits per heavy atom. The zero-order valence-electron chi connectivity index (χ0n) is 12.8. The number of anilines is 1. The Bertz CT molecular complexity index is 665.